The minimum absolute atomic E-state index is 0.259. The van der Waals surface area contributed by atoms with E-state index >= 15 is 0 Å². The number of carbonyl (C=O) groups excluding carboxylic acids is 2. The van der Waals surface area contributed by atoms with E-state index in [0.29, 0.717) is 59.7 Å². The molecule has 4 aromatic rings. The number of imidazole rings is 1. The summed E-state index contributed by atoms with van der Waals surface area (Å²) < 4.78 is 15.8. The van der Waals surface area contributed by atoms with E-state index in [1.807, 2.05) is 36.7 Å². The maximum absolute atomic E-state index is 13.5. The van der Waals surface area contributed by atoms with Gasteiger partial charge in [0.05, 0.1) is 36.1 Å². The summed E-state index contributed by atoms with van der Waals surface area (Å²) in [5.74, 6) is 6.05. The minimum Gasteiger partial charge on any atom is -0.489 e. The number of aromatic nitrogens is 5. The van der Waals surface area contributed by atoms with E-state index in [1.165, 1.54) is 0 Å². The highest BCUT2D eigenvalue weighted by atomic mass is 16.5. The molecule has 11 heteroatoms. The number of anilines is 1. The molecule has 11 nitrogen and oxygen atoms in total. The second-order valence-electron chi connectivity index (χ2n) is 9.42. The third-order valence-electron chi connectivity index (χ3n) is 6.48. The fraction of sp³-hybridized carbons (Fsp3) is 0.345. The van der Waals surface area contributed by atoms with Crippen molar-refractivity contribution in [1.29, 1.82) is 0 Å². The number of nitrogens with zero attached hydrogens (tertiary/aromatic N) is 5. The Bertz CT molecular complexity index is 1630. The van der Waals surface area contributed by atoms with Crippen LogP contribution in [0.15, 0.2) is 36.5 Å². The van der Waals surface area contributed by atoms with E-state index in [4.69, 9.17) is 14.5 Å². The van der Waals surface area contributed by atoms with Crippen molar-refractivity contribution in [2.24, 2.45) is 7.05 Å². The van der Waals surface area contributed by atoms with Gasteiger partial charge in [-0.3, -0.25) is 19.9 Å². The fourth-order valence-electron chi connectivity index (χ4n) is 4.67. The van der Waals surface area contributed by atoms with Crippen LogP contribution >= 0.6 is 0 Å². The first kappa shape index (κ1) is 26.7. The summed E-state index contributed by atoms with van der Waals surface area (Å²) in [6.45, 7) is 5.18. The van der Waals surface area contributed by atoms with Crippen molar-refractivity contribution in [2.45, 2.75) is 39.7 Å². The lowest BCUT2D eigenvalue weighted by Crippen LogP contribution is -2.26. The van der Waals surface area contributed by atoms with Gasteiger partial charge in [0.1, 0.15) is 17.9 Å². The highest BCUT2D eigenvalue weighted by molar-refractivity contribution is 6.05. The number of hydrogen-bond acceptors (Lipinski definition) is 7. The summed E-state index contributed by atoms with van der Waals surface area (Å²) in [5.41, 5.74) is 3.98. The zero-order valence-electron chi connectivity index (χ0n) is 22.8. The average Bonchev–Trinajstić information content (AvgIpc) is 3.47. The second kappa shape index (κ2) is 11.9. The molecular formula is C29H31N7O4. The molecule has 206 valence electrons. The lowest BCUT2D eigenvalue weighted by atomic mass is 10.1. The van der Waals surface area contributed by atoms with E-state index in [2.05, 4.69) is 32.6 Å². The molecule has 0 spiro atoms. The standard InChI is InChI=1S/C29H31N7O4/c1-4-9-25(37)30-12-15-39-24-11-8-10-22-26(24)36-13-6-5-7-14-40-28-21(18-31-35(28)3)23-17-20(16-19(2)32-23)27(38)34-29(36)33-22/h8,10-11,16-18H,5-7,12-15H2,1-3H3,(H,30,37)(H,33,34,38). The number of para-hydroxylation sites is 1. The van der Waals surface area contributed by atoms with Gasteiger partial charge in [-0.05, 0) is 63.3 Å². The Balaban J connectivity index is 1.48. The second-order valence-corrected chi connectivity index (χ2v) is 9.42. The molecule has 1 aromatic carbocycles. The summed E-state index contributed by atoms with van der Waals surface area (Å²) >= 11 is 0. The Kier molecular flexibility index (Phi) is 7.96. The number of fused-ring (bicyclic) bond motifs is 7. The Morgan fingerprint density at radius 2 is 2.10 bits per heavy atom. The number of aryl methyl sites for hydroxylation is 3. The maximum atomic E-state index is 13.5. The largest absolute Gasteiger partial charge is 0.489 e. The van der Waals surface area contributed by atoms with Gasteiger partial charge in [0.25, 0.3) is 11.8 Å². The number of rotatable bonds is 4. The zero-order valence-corrected chi connectivity index (χ0v) is 22.8. The number of hydrogen-bond donors (Lipinski definition) is 2. The summed E-state index contributed by atoms with van der Waals surface area (Å²) in [6, 6.07) is 9.09. The number of ether oxygens (including phenoxy) is 2. The van der Waals surface area contributed by atoms with Gasteiger partial charge in [0, 0.05) is 24.8 Å². The Morgan fingerprint density at radius 3 is 2.95 bits per heavy atom. The van der Waals surface area contributed by atoms with Crippen LogP contribution in [0.1, 0.15) is 42.2 Å². The SMILES string of the molecule is CC#CC(=O)NCCOc1cccc2nc3n(c12)CCCCCOc1c(cnn1C)-c1cc(cc(C)n1)C(=O)N3. The molecule has 0 fully saturated rings. The van der Waals surface area contributed by atoms with Crippen LogP contribution in [-0.2, 0) is 18.4 Å². The first-order valence-corrected chi connectivity index (χ1v) is 13.2. The van der Waals surface area contributed by atoms with Gasteiger partial charge in [-0.1, -0.05) is 12.0 Å². The Morgan fingerprint density at radius 1 is 1.23 bits per heavy atom. The van der Waals surface area contributed by atoms with Crippen molar-refractivity contribution in [1.82, 2.24) is 29.6 Å². The van der Waals surface area contributed by atoms with Crippen molar-refractivity contribution in [3.05, 3.63) is 47.8 Å². The predicted molar refractivity (Wildman–Crippen MR) is 150 cm³/mol. The van der Waals surface area contributed by atoms with Crippen LogP contribution in [0, 0.1) is 18.8 Å². The molecule has 2 amide bonds. The fourth-order valence-corrected chi connectivity index (χ4v) is 4.67. The topological polar surface area (TPSA) is 125 Å². The van der Waals surface area contributed by atoms with E-state index in [-0.39, 0.29) is 18.4 Å². The Labute approximate surface area is 231 Å². The van der Waals surface area contributed by atoms with Crippen LogP contribution in [-0.4, -0.2) is 55.9 Å². The number of carbonyl (C=O) groups is 2. The van der Waals surface area contributed by atoms with Crippen LogP contribution in [0.3, 0.4) is 0 Å². The predicted octanol–water partition coefficient (Wildman–Crippen LogP) is 3.47. The van der Waals surface area contributed by atoms with Gasteiger partial charge >= 0.3 is 0 Å². The van der Waals surface area contributed by atoms with Crippen molar-refractivity contribution in [3.8, 4) is 34.7 Å². The average molecular weight is 542 g/mol. The molecule has 5 rings (SSSR count). The lowest BCUT2D eigenvalue weighted by molar-refractivity contribution is -0.115. The minimum atomic E-state index is -0.346. The number of pyridine rings is 1. The molecule has 4 heterocycles. The lowest BCUT2D eigenvalue weighted by Gasteiger charge is -2.13. The monoisotopic (exact) mass is 541 g/mol. The third kappa shape index (κ3) is 5.76. The molecule has 0 radical (unpaired) electrons. The van der Waals surface area contributed by atoms with Gasteiger partial charge < -0.3 is 19.4 Å². The van der Waals surface area contributed by atoms with E-state index < -0.39 is 0 Å². The molecule has 0 atom stereocenters. The van der Waals surface area contributed by atoms with Gasteiger partial charge in [-0.15, -0.1) is 0 Å². The van der Waals surface area contributed by atoms with Crippen LogP contribution in [0.25, 0.3) is 22.3 Å². The van der Waals surface area contributed by atoms with Crippen molar-refractivity contribution in [2.75, 3.05) is 25.1 Å². The van der Waals surface area contributed by atoms with Gasteiger partial charge in [-0.25, -0.2) is 9.67 Å². The van der Waals surface area contributed by atoms with Gasteiger partial charge in [0.15, 0.2) is 0 Å². The van der Waals surface area contributed by atoms with Crippen LogP contribution in [0.5, 0.6) is 11.6 Å². The van der Waals surface area contributed by atoms with E-state index in [9.17, 15) is 9.59 Å². The van der Waals surface area contributed by atoms with Crippen molar-refractivity contribution < 1.29 is 19.1 Å². The van der Waals surface area contributed by atoms with Crippen LogP contribution in [0.2, 0.25) is 0 Å². The molecule has 2 bridgehead atoms. The molecule has 0 unspecified atom stereocenters. The molecule has 1 aliphatic heterocycles. The molecule has 40 heavy (non-hydrogen) atoms. The third-order valence-corrected chi connectivity index (χ3v) is 6.48. The molecule has 1 aliphatic rings. The number of amides is 2. The quantitative estimate of drug-likeness (QED) is 0.299. The van der Waals surface area contributed by atoms with Gasteiger partial charge in [-0.2, -0.15) is 5.10 Å². The maximum Gasteiger partial charge on any atom is 0.295 e. The first-order chi connectivity index (χ1) is 19.4. The first-order valence-electron chi connectivity index (χ1n) is 13.2. The van der Waals surface area contributed by atoms with Crippen LogP contribution in [0.4, 0.5) is 5.95 Å². The summed E-state index contributed by atoms with van der Waals surface area (Å²) in [7, 11) is 1.83. The smallest absolute Gasteiger partial charge is 0.295 e. The number of nitrogens with one attached hydrogen (secondary N) is 2. The summed E-state index contributed by atoms with van der Waals surface area (Å²) in [5, 5.41) is 10.1. The molecule has 0 saturated carbocycles. The Hall–Kier alpha value is -4.85. The normalized spacial score (nSPS) is 13.4. The molecule has 3 aromatic heterocycles. The molecule has 0 aliphatic carbocycles. The molecular weight excluding hydrogens is 510 g/mol. The van der Waals surface area contributed by atoms with Gasteiger partial charge in [0.2, 0.25) is 11.8 Å². The van der Waals surface area contributed by atoms with E-state index in [0.717, 1.165) is 30.3 Å². The molecule has 2 N–H and O–H groups in total. The van der Waals surface area contributed by atoms with Crippen LogP contribution < -0.4 is 20.1 Å². The molecule has 0 saturated heterocycles. The van der Waals surface area contributed by atoms with E-state index in [1.54, 1.807) is 29.9 Å². The zero-order chi connectivity index (χ0) is 28.1. The highest BCUT2D eigenvalue weighted by Gasteiger charge is 2.21. The van der Waals surface area contributed by atoms with Crippen molar-refractivity contribution in [3.63, 3.8) is 0 Å². The van der Waals surface area contributed by atoms with Crippen molar-refractivity contribution >= 4 is 28.8 Å². The highest BCUT2D eigenvalue weighted by Crippen LogP contribution is 2.32. The number of benzene rings is 1. The summed E-state index contributed by atoms with van der Waals surface area (Å²) in [6.07, 6.45) is 4.29. The summed E-state index contributed by atoms with van der Waals surface area (Å²) in [4.78, 5) is 34.5.